The van der Waals surface area contributed by atoms with Crippen molar-refractivity contribution in [3.63, 3.8) is 0 Å². The van der Waals surface area contributed by atoms with Gasteiger partial charge >= 0.3 is 0 Å². The molecular weight excluding hydrogens is 178 g/mol. The van der Waals surface area contributed by atoms with Gasteiger partial charge in [0.25, 0.3) is 0 Å². The third kappa shape index (κ3) is 1.49. The van der Waals surface area contributed by atoms with Crippen LogP contribution in [0, 0.1) is 13.8 Å². The van der Waals surface area contributed by atoms with Crippen LogP contribution >= 0.6 is 11.3 Å². The van der Waals surface area contributed by atoms with Gasteiger partial charge in [-0.05, 0) is 25.0 Å². The SMILES string of the molecule is Cc1cccc(C)c1-c1cscn1. The third-order valence-electron chi connectivity index (χ3n) is 2.17. The molecule has 13 heavy (non-hydrogen) atoms. The summed E-state index contributed by atoms with van der Waals surface area (Å²) in [5.41, 5.74) is 6.85. The van der Waals surface area contributed by atoms with Crippen molar-refractivity contribution < 1.29 is 0 Å². The van der Waals surface area contributed by atoms with Crippen LogP contribution in [0.5, 0.6) is 0 Å². The molecule has 66 valence electrons. The predicted molar refractivity (Wildman–Crippen MR) is 57.0 cm³/mol. The number of aromatic nitrogens is 1. The molecule has 1 heterocycles. The van der Waals surface area contributed by atoms with Gasteiger partial charge in [0.15, 0.2) is 0 Å². The van der Waals surface area contributed by atoms with Gasteiger partial charge < -0.3 is 0 Å². The van der Waals surface area contributed by atoms with E-state index in [1.165, 1.54) is 16.7 Å². The summed E-state index contributed by atoms with van der Waals surface area (Å²) < 4.78 is 0. The van der Waals surface area contributed by atoms with Crippen LogP contribution in [0.4, 0.5) is 0 Å². The Morgan fingerprint density at radius 2 is 1.85 bits per heavy atom. The number of hydrogen-bond donors (Lipinski definition) is 0. The highest BCUT2D eigenvalue weighted by molar-refractivity contribution is 7.07. The number of thiazole rings is 1. The lowest BCUT2D eigenvalue weighted by Gasteiger charge is -2.05. The summed E-state index contributed by atoms with van der Waals surface area (Å²) in [6.45, 7) is 4.25. The fourth-order valence-electron chi connectivity index (χ4n) is 1.55. The van der Waals surface area contributed by atoms with Gasteiger partial charge in [0.1, 0.15) is 0 Å². The van der Waals surface area contributed by atoms with Gasteiger partial charge in [0.05, 0.1) is 11.2 Å². The van der Waals surface area contributed by atoms with E-state index in [0.29, 0.717) is 0 Å². The molecule has 0 unspecified atom stereocenters. The van der Waals surface area contributed by atoms with Crippen LogP contribution in [0.2, 0.25) is 0 Å². The van der Waals surface area contributed by atoms with E-state index in [1.54, 1.807) is 11.3 Å². The smallest absolute Gasteiger partial charge is 0.0816 e. The minimum atomic E-state index is 1.10. The fraction of sp³-hybridized carbons (Fsp3) is 0.182. The maximum Gasteiger partial charge on any atom is 0.0816 e. The summed E-state index contributed by atoms with van der Waals surface area (Å²) >= 11 is 1.64. The van der Waals surface area contributed by atoms with Gasteiger partial charge in [0.2, 0.25) is 0 Å². The molecule has 0 saturated carbocycles. The van der Waals surface area contributed by atoms with E-state index in [2.05, 4.69) is 42.4 Å². The van der Waals surface area contributed by atoms with Crippen molar-refractivity contribution in [3.05, 3.63) is 40.2 Å². The highest BCUT2D eigenvalue weighted by Crippen LogP contribution is 2.26. The van der Waals surface area contributed by atoms with Gasteiger partial charge in [-0.25, -0.2) is 4.98 Å². The molecular formula is C11H11NS. The van der Waals surface area contributed by atoms with Gasteiger partial charge in [-0.1, -0.05) is 18.2 Å². The second-order valence-electron chi connectivity index (χ2n) is 3.14. The maximum atomic E-state index is 4.33. The van der Waals surface area contributed by atoms with Crippen LogP contribution in [-0.2, 0) is 0 Å². The summed E-state index contributed by atoms with van der Waals surface area (Å²) in [5, 5.41) is 2.09. The van der Waals surface area contributed by atoms with Gasteiger partial charge in [0, 0.05) is 10.9 Å². The van der Waals surface area contributed by atoms with E-state index in [1.807, 2.05) is 5.51 Å². The first-order valence-electron chi connectivity index (χ1n) is 4.24. The first-order valence-corrected chi connectivity index (χ1v) is 5.18. The molecule has 1 aromatic heterocycles. The van der Waals surface area contributed by atoms with Gasteiger partial charge in [-0.2, -0.15) is 0 Å². The van der Waals surface area contributed by atoms with Crippen LogP contribution in [0.15, 0.2) is 29.1 Å². The van der Waals surface area contributed by atoms with Gasteiger partial charge in [-0.3, -0.25) is 0 Å². The van der Waals surface area contributed by atoms with Crippen LogP contribution < -0.4 is 0 Å². The van der Waals surface area contributed by atoms with E-state index in [9.17, 15) is 0 Å². The number of hydrogen-bond acceptors (Lipinski definition) is 2. The lowest BCUT2D eigenvalue weighted by Crippen LogP contribution is -1.86. The summed E-state index contributed by atoms with van der Waals surface area (Å²) in [7, 11) is 0. The molecule has 2 aromatic rings. The Morgan fingerprint density at radius 1 is 1.15 bits per heavy atom. The lowest BCUT2D eigenvalue weighted by molar-refractivity contribution is 1.32. The molecule has 0 amide bonds. The van der Waals surface area contributed by atoms with Crippen molar-refractivity contribution in [2.75, 3.05) is 0 Å². The molecule has 0 aliphatic heterocycles. The second-order valence-corrected chi connectivity index (χ2v) is 3.86. The zero-order valence-corrected chi connectivity index (χ0v) is 8.56. The quantitative estimate of drug-likeness (QED) is 0.669. The Kier molecular flexibility index (Phi) is 2.15. The van der Waals surface area contributed by atoms with Crippen molar-refractivity contribution in [3.8, 4) is 11.3 Å². The van der Waals surface area contributed by atoms with Crippen LogP contribution in [0.3, 0.4) is 0 Å². The second kappa shape index (κ2) is 3.30. The summed E-state index contributed by atoms with van der Waals surface area (Å²) in [6.07, 6.45) is 0. The Hall–Kier alpha value is -1.15. The van der Waals surface area contributed by atoms with E-state index >= 15 is 0 Å². The first kappa shape index (κ1) is 8.45. The predicted octanol–water partition coefficient (Wildman–Crippen LogP) is 3.43. The highest BCUT2D eigenvalue weighted by atomic mass is 32.1. The molecule has 0 bridgehead atoms. The van der Waals surface area contributed by atoms with Crippen molar-refractivity contribution >= 4 is 11.3 Å². The Morgan fingerprint density at radius 3 is 2.38 bits per heavy atom. The Balaban J connectivity index is 2.64. The molecule has 0 saturated heterocycles. The number of aryl methyl sites for hydroxylation is 2. The molecule has 0 N–H and O–H groups in total. The van der Waals surface area contributed by atoms with Crippen LogP contribution in [0.1, 0.15) is 11.1 Å². The molecule has 0 spiro atoms. The minimum absolute atomic E-state index is 1.10. The summed E-state index contributed by atoms with van der Waals surface area (Å²) in [5.74, 6) is 0. The van der Waals surface area contributed by atoms with E-state index < -0.39 is 0 Å². The average molecular weight is 189 g/mol. The van der Waals surface area contributed by atoms with Gasteiger partial charge in [-0.15, -0.1) is 11.3 Å². The standard InChI is InChI=1S/C11H11NS/c1-8-4-3-5-9(2)11(8)10-6-13-7-12-10/h3-7H,1-2H3. The summed E-state index contributed by atoms with van der Waals surface area (Å²) in [6, 6.07) is 6.34. The molecule has 2 heteroatoms. The molecule has 0 fully saturated rings. The zero-order chi connectivity index (χ0) is 9.26. The average Bonchev–Trinajstić information content (AvgIpc) is 2.57. The Bertz CT molecular complexity index is 384. The normalized spacial score (nSPS) is 10.3. The molecule has 0 aliphatic rings. The Labute approximate surface area is 82.1 Å². The largest absolute Gasteiger partial charge is 0.245 e. The molecule has 0 radical (unpaired) electrons. The molecule has 1 nitrogen and oxygen atoms in total. The zero-order valence-electron chi connectivity index (χ0n) is 7.74. The molecule has 1 aromatic carbocycles. The van der Waals surface area contributed by atoms with E-state index in [0.717, 1.165) is 5.69 Å². The monoisotopic (exact) mass is 189 g/mol. The van der Waals surface area contributed by atoms with Crippen molar-refractivity contribution in [1.82, 2.24) is 4.98 Å². The van der Waals surface area contributed by atoms with Crippen LogP contribution in [0.25, 0.3) is 11.3 Å². The minimum Gasteiger partial charge on any atom is -0.245 e. The molecule has 0 atom stereocenters. The first-order chi connectivity index (χ1) is 6.29. The fourth-order valence-corrected chi connectivity index (χ4v) is 2.10. The molecule has 0 aliphatic carbocycles. The van der Waals surface area contributed by atoms with Crippen LogP contribution in [-0.4, -0.2) is 4.98 Å². The lowest BCUT2D eigenvalue weighted by atomic mass is 10.0. The van der Waals surface area contributed by atoms with E-state index in [-0.39, 0.29) is 0 Å². The van der Waals surface area contributed by atoms with Crippen molar-refractivity contribution in [2.45, 2.75) is 13.8 Å². The molecule has 2 rings (SSSR count). The van der Waals surface area contributed by atoms with E-state index in [4.69, 9.17) is 0 Å². The number of benzene rings is 1. The third-order valence-corrected chi connectivity index (χ3v) is 2.76. The maximum absolute atomic E-state index is 4.33. The number of nitrogens with zero attached hydrogens (tertiary/aromatic N) is 1. The van der Waals surface area contributed by atoms with Crippen molar-refractivity contribution in [1.29, 1.82) is 0 Å². The highest BCUT2D eigenvalue weighted by Gasteiger charge is 2.05. The summed E-state index contributed by atoms with van der Waals surface area (Å²) in [4.78, 5) is 4.33. The number of rotatable bonds is 1. The topological polar surface area (TPSA) is 12.9 Å². The van der Waals surface area contributed by atoms with Crippen molar-refractivity contribution in [2.24, 2.45) is 0 Å².